The van der Waals surface area contributed by atoms with Gasteiger partial charge in [-0.3, -0.25) is 9.59 Å². The second-order valence-corrected chi connectivity index (χ2v) is 8.11. The Morgan fingerprint density at radius 3 is 2.48 bits per heavy atom. The Hall–Kier alpha value is -4.19. The van der Waals surface area contributed by atoms with Gasteiger partial charge in [0.05, 0.1) is 0 Å². The van der Waals surface area contributed by atoms with E-state index in [-0.39, 0.29) is 17.5 Å². The lowest BCUT2D eigenvalue weighted by atomic mass is 9.97. The van der Waals surface area contributed by atoms with Crippen molar-refractivity contribution in [1.29, 1.82) is 0 Å². The number of para-hydroxylation sites is 2. The molecule has 0 atom stereocenters. The van der Waals surface area contributed by atoms with Crippen LogP contribution in [0.3, 0.4) is 0 Å². The molecule has 0 radical (unpaired) electrons. The molecule has 164 valence electrons. The third-order valence-corrected chi connectivity index (χ3v) is 5.55. The molecule has 1 aliphatic rings. The second kappa shape index (κ2) is 8.74. The first-order valence-electron chi connectivity index (χ1n) is 10.9. The normalized spacial score (nSPS) is 12.9. The van der Waals surface area contributed by atoms with Crippen molar-refractivity contribution < 1.29 is 9.53 Å². The molecule has 0 bridgehead atoms. The molecule has 0 unspecified atom stereocenters. The highest BCUT2D eigenvalue weighted by atomic mass is 16.5. The van der Waals surface area contributed by atoms with Crippen LogP contribution in [0.2, 0.25) is 0 Å². The maximum Gasteiger partial charge on any atom is 0.267 e. The number of nitrogens with zero attached hydrogens (tertiary/aromatic N) is 2. The summed E-state index contributed by atoms with van der Waals surface area (Å²) in [6.07, 6.45) is 2.04. The summed E-state index contributed by atoms with van der Waals surface area (Å²) < 4.78 is 7.45. The van der Waals surface area contributed by atoms with Crippen LogP contribution in [0, 0.1) is 0 Å². The Labute approximate surface area is 191 Å². The van der Waals surface area contributed by atoms with E-state index in [0.29, 0.717) is 28.3 Å². The lowest BCUT2D eigenvalue weighted by molar-refractivity contribution is 0.0951. The molecule has 1 aliphatic carbocycles. The van der Waals surface area contributed by atoms with Crippen molar-refractivity contribution in [2.45, 2.75) is 18.9 Å². The fourth-order valence-electron chi connectivity index (χ4n) is 3.65. The summed E-state index contributed by atoms with van der Waals surface area (Å²) in [5.41, 5.74) is 3.06. The third kappa shape index (κ3) is 4.55. The minimum atomic E-state index is -0.233. The van der Waals surface area contributed by atoms with Crippen LogP contribution >= 0.6 is 0 Å². The van der Waals surface area contributed by atoms with Gasteiger partial charge >= 0.3 is 0 Å². The third-order valence-electron chi connectivity index (χ3n) is 5.55. The van der Waals surface area contributed by atoms with E-state index in [9.17, 15) is 9.59 Å². The van der Waals surface area contributed by atoms with Gasteiger partial charge in [-0.15, -0.1) is 0 Å². The average Bonchev–Trinajstić information content (AvgIpc) is 3.66. The van der Waals surface area contributed by atoms with Crippen molar-refractivity contribution in [3.8, 4) is 33.9 Å². The van der Waals surface area contributed by atoms with Crippen LogP contribution in [0.25, 0.3) is 22.4 Å². The molecule has 33 heavy (non-hydrogen) atoms. The molecule has 1 heterocycles. The van der Waals surface area contributed by atoms with Crippen LogP contribution in [-0.2, 0) is 7.05 Å². The van der Waals surface area contributed by atoms with Gasteiger partial charge in [-0.05, 0) is 54.8 Å². The van der Waals surface area contributed by atoms with Crippen LogP contribution < -0.4 is 15.6 Å². The topological polar surface area (TPSA) is 73.2 Å². The van der Waals surface area contributed by atoms with Crippen LogP contribution in [0.15, 0.2) is 89.7 Å². The van der Waals surface area contributed by atoms with Gasteiger partial charge in [-0.25, -0.2) is 4.68 Å². The molecular formula is C27H23N3O3. The zero-order valence-electron chi connectivity index (χ0n) is 18.2. The first-order chi connectivity index (χ1) is 16.1. The van der Waals surface area contributed by atoms with E-state index >= 15 is 0 Å². The zero-order chi connectivity index (χ0) is 22.8. The molecule has 0 spiro atoms. The number of hydrogen-bond donors (Lipinski definition) is 1. The highest BCUT2D eigenvalue weighted by Gasteiger charge is 2.24. The number of carbonyl (C=O) groups excluding carboxylic acids is 1. The Kier molecular flexibility index (Phi) is 5.48. The highest BCUT2D eigenvalue weighted by Crippen LogP contribution is 2.37. The van der Waals surface area contributed by atoms with Gasteiger partial charge in [0.1, 0.15) is 17.2 Å². The summed E-state index contributed by atoms with van der Waals surface area (Å²) in [4.78, 5) is 25.1. The van der Waals surface area contributed by atoms with E-state index in [2.05, 4.69) is 10.4 Å². The van der Waals surface area contributed by atoms with E-state index < -0.39 is 0 Å². The minimum absolute atomic E-state index is 0.106. The zero-order valence-corrected chi connectivity index (χ0v) is 18.2. The summed E-state index contributed by atoms with van der Waals surface area (Å²) in [6.45, 7) is 0. The molecule has 4 aromatic rings. The average molecular weight is 437 g/mol. The molecule has 6 heteroatoms. The van der Waals surface area contributed by atoms with E-state index in [0.717, 1.165) is 24.0 Å². The molecule has 1 aromatic heterocycles. The molecule has 1 saturated carbocycles. The maximum atomic E-state index is 12.6. The monoisotopic (exact) mass is 437 g/mol. The number of aryl methyl sites for hydroxylation is 1. The number of ether oxygens (including phenoxy) is 1. The van der Waals surface area contributed by atoms with E-state index in [1.807, 2.05) is 66.7 Å². The summed E-state index contributed by atoms with van der Waals surface area (Å²) in [5, 5.41) is 7.59. The standard InChI is InChI=1S/C27H23N3O3/c1-30-25(31)17-23(18-8-7-9-19(16-18)27(32)28-20-14-15-20)26(29-30)22-12-5-6-13-24(22)33-21-10-3-2-4-11-21/h2-13,16-17,20H,14-15H2,1H3,(H,28,32). The summed E-state index contributed by atoms with van der Waals surface area (Å²) >= 11 is 0. The van der Waals surface area contributed by atoms with Crippen molar-refractivity contribution in [3.05, 3.63) is 101 Å². The smallest absolute Gasteiger partial charge is 0.267 e. The van der Waals surface area contributed by atoms with Crippen molar-refractivity contribution in [2.75, 3.05) is 0 Å². The van der Waals surface area contributed by atoms with Crippen LogP contribution in [-0.4, -0.2) is 21.7 Å². The Balaban J connectivity index is 1.60. The van der Waals surface area contributed by atoms with Crippen LogP contribution in [0.1, 0.15) is 23.2 Å². The van der Waals surface area contributed by atoms with Crippen molar-refractivity contribution in [2.24, 2.45) is 7.05 Å². The lowest BCUT2D eigenvalue weighted by Crippen LogP contribution is -2.25. The van der Waals surface area contributed by atoms with Gasteiger partial charge in [0.25, 0.3) is 11.5 Å². The van der Waals surface area contributed by atoms with Crippen molar-refractivity contribution >= 4 is 5.91 Å². The Bertz CT molecular complexity index is 1380. The minimum Gasteiger partial charge on any atom is -0.457 e. The first-order valence-corrected chi connectivity index (χ1v) is 10.9. The predicted molar refractivity (Wildman–Crippen MR) is 127 cm³/mol. The number of benzene rings is 3. The van der Waals surface area contributed by atoms with Crippen molar-refractivity contribution in [1.82, 2.24) is 15.1 Å². The van der Waals surface area contributed by atoms with E-state index in [4.69, 9.17) is 4.74 Å². The Morgan fingerprint density at radius 2 is 1.70 bits per heavy atom. The number of hydrogen-bond acceptors (Lipinski definition) is 4. The SMILES string of the molecule is Cn1nc(-c2ccccc2Oc2ccccc2)c(-c2cccc(C(=O)NC3CC3)c2)cc1=O. The maximum absolute atomic E-state index is 12.6. The molecule has 0 saturated heterocycles. The largest absolute Gasteiger partial charge is 0.457 e. The number of nitrogens with one attached hydrogen (secondary N) is 1. The molecule has 0 aliphatic heterocycles. The summed E-state index contributed by atoms with van der Waals surface area (Å²) in [6, 6.07) is 26.2. The summed E-state index contributed by atoms with van der Waals surface area (Å²) in [5.74, 6) is 1.22. The second-order valence-electron chi connectivity index (χ2n) is 8.11. The molecule has 6 nitrogen and oxygen atoms in total. The van der Waals surface area contributed by atoms with Gasteiger partial charge < -0.3 is 10.1 Å². The quantitative estimate of drug-likeness (QED) is 0.470. The summed E-state index contributed by atoms with van der Waals surface area (Å²) in [7, 11) is 1.62. The fraction of sp³-hybridized carbons (Fsp3) is 0.148. The molecule has 5 rings (SSSR count). The highest BCUT2D eigenvalue weighted by molar-refractivity contribution is 5.96. The van der Waals surface area contributed by atoms with Gasteiger partial charge in [-0.1, -0.05) is 42.5 Å². The molecule has 3 aromatic carbocycles. The molecule has 1 amide bonds. The van der Waals surface area contributed by atoms with Crippen LogP contribution in [0.5, 0.6) is 11.5 Å². The van der Waals surface area contributed by atoms with E-state index in [1.54, 1.807) is 25.2 Å². The van der Waals surface area contributed by atoms with Gasteiger partial charge in [0, 0.05) is 35.8 Å². The Morgan fingerprint density at radius 1 is 0.939 bits per heavy atom. The van der Waals surface area contributed by atoms with Gasteiger partial charge in [0.2, 0.25) is 0 Å². The lowest BCUT2D eigenvalue weighted by Gasteiger charge is -2.15. The van der Waals surface area contributed by atoms with Gasteiger partial charge in [0.15, 0.2) is 0 Å². The number of carbonyl (C=O) groups is 1. The predicted octanol–water partition coefficient (Wildman–Crippen LogP) is 4.80. The molecule has 1 fully saturated rings. The number of aromatic nitrogens is 2. The van der Waals surface area contributed by atoms with Crippen LogP contribution in [0.4, 0.5) is 0 Å². The first kappa shape index (κ1) is 20.7. The van der Waals surface area contributed by atoms with Crippen molar-refractivity contribution in [3.63, 3.8) is 0 Å². The number of rotatable bonds is 6. The molecular weight excluding hydrogens is 414 g/mol. The number of amides is 1. The van der Waals surface area contributed by atoms with E-state index in [1.165, 1.54) is 4.68 Å². The van der Waals surface area contributed by atoms with Gasteiger partial charge in [-0.2, -0.15) is 5.10 Å². The molecule has 1 N–H and O–H groups in total. The fourth-order valence-corrected chi connectivity index (χ4v) is 3.65.